The molecule has 0 unspecified atom stereocenters. The number of nitro benzene ring substituents is 1. The van der Waals surface area contributed by atoms with Gasteiger partial charge in [0, 0.05) is 31.7 Å². The van der Waals surface area contributed by atoms with E-state index in [0.29, 0.717) is 19.4 Å². The molecule has 10 heteroatoms. The molecule has 0 radical (unpaired) electrons. The van der Waals surface area contributed by atoms with E-state index in [1.165, 1.54) is 33.5 Å². The van der Waals surface area contributed by atoms with E-state index >= 15 is 0 Å². The summed E-state index contributed by atoms with van der Waals surface area (Å²) in [5, 5.41) is 11.3. The molecule has 0 spiro atoms. The maximum Gasteiger partial charge on any atom is 0.410 e. The molecule has 1 aliphatic heterocycles. The maximum atomic E-state index is 13.2. The summed E-state index contributed by atoms with van der Waals surface area (Å²) >= 11 is 0. The molecule has 1 saturated heterocycles. The Kier molecular flexibility index (Phi) is 6.66. The van der Waals surface area contributed by atoms with Crippen molar-refractivity contribution in [1.29, 1.82) is 0 Å². The van der Waals surface area contributed by atoms with E-state index in [1.807, 2.05) is 0 Å². The van der Waals surface area contributed by atoms with Gasteiger partial charge in [0.15, 0.2) is 4.90 Å². The molecule has 1 atom stereocenters. The fourth-order valence-electron chi connectivity index (χ4n) is 3.09. The van der Waals surface area contributed by atoms with Crippen LogP contribution in [0.4, 0.5) is 10.5 Å². The van der Waals surface area contributed by atoms with Crippen molar-refractivity contribution in [3.05, 3.63) is 34.4 Å². The van der Waals surface area contributed by atoms with Gasteiger partial charge in [-0.05, 0) is 46.6 Å². The number of nitrogens with zero attached hydrogens (tertiary/aromatic N) is 3. The van der Waals surface area contributed by atoms with Crippen molar-refractivity contribution < 1.29 is 22.9 Å². The molecular weight excluding hydrogens is 386 g/mol. The number of hydrogen-bond donors (Lipinski definition) is 0. The van der Waals surface area contributed by atoms with Crippen molar-refractivity contribution in [2.24, 2.45) is 0 Å². The first-order valence-electron chi connectivity index (χ1n) is 9.16. The fraction of sp³-hybridized carbons (Fsp3) is 0.611. The van der Waals surface area contributed by atoms with Gasteiger partial charge in [-0.3, -0.25) is 10.1 Å². The number of carbonyl (C=O) groups is 1. The van der Waals surface area contributed by atoms with Gasteiger partial charge in [0.2, 0.25) is 10.0 Å². The normalized spacial score (nSPS) is 19.6. The van der Waals surface area contributed by atoms with Crippen LogP contribution in [0.2, 0.25) is 0 Å². The van der Waals surface area contributed by atoms with Crippen molar-refractivity contribution in [1.82, 2.24) is 9.21 Å². The zero-order valence-electron chi connectivity index (χ0n) is 16.6. The first-order valence-corrected chi connectivity index (χ1v) is 10.6. The number of ether oxygens (including phenoxy) is 1. The minimum Gasteiger partial charge on any atom is -0.444 e. The predicted octanol–water partition coefficient (Wildman–Crippen LogP) is 3.00. The first-order chi connectivity index (χ1) is 12.9. The van der Waals surface area contributed by atoms with E-state index in [1.54, 1.807) is 27.7 Å². The molecule has 1 fully saturated rings. The highest BCUT2D eigenvalue weighted by molar-refractivity contribution is 7.89. The molecule has 2 rings (SSSR count). The average Bonchev–Trinajstić information content (AvgIpc) is 2.56. The first kappa shape index (κ1) is 22.1. The summed E-state index contributed by atoms with van der Waals surface area (Å²) in [6.07, 6.45) is 0.641. The lowest BCUT2D eigenvalue weighted by Crippen LogP contribution is -2.50. The third kappa shape index (κ3) is 5.20. The highest BCUT2D eigenvalue weighted by atomic mass is 32.2. The second-order valence-corrected chi connectivity index (χ2v) is 9.68. The molecule has 0 saturated carbocycles. The topological polar surface area (TPSA) is 110 Å². The predicted molar refractivity (Wildman–Crippen MR) is 103 cm³/mol. The maximum absolute atomic E-state index is 13.2. The number of amides is 1. The number of benzene rings is 1. The van der Waals surface area contributed by atoms with Crippen molar-refractivity contribution in [3.63, 3.8) is 0 Å². The number of para-hydroxylation sites is 1. The van der Waals surface area contributed by atoms with Gasteiger partial charge in [-0.2, -0.15) is 4.31 Å². The van der Waals surface area contributed by atoms with Crippen LogP contribution in [0, 0.1) is 10.1 Å². The Morgan fingerprint density at radius 3 is 2.43 bits per heavy atom. The van der Waals surface area contributed by atoms with Gasteiger partial charge in [-0.1, -0.05) is 12.1 Å². The minimum absolute atomic E-state index is 0.148. The van der Waals surface area contributed by atoms with Gasteiger partial charge in [0.05, 0.1) is 4.92 Å². The Hall–Kier alpha value is -2.20. The summed E-state index contributed by atoms with van der Waals surface area (Å²) in [6.45, 7) is 7.84. The number of sulfonamides is 1. The third-order valence-corrected chi connectivity index (χ3v) is 6.39. The van der Waals surface area contributed by atoms with Crippen LogP contribution in [0.1, 0.15) is 40.5 Å². The highest BCUT2D eigenvalue weighted by Crippen LogP contribution is 2.28. The van der Waals surface area contributed by atoms with Crippen molar-refractivity contribution in [3.8, 4) is 0 Å². The molecular formula is C18H27N3O6S. The Morgan fingerprint density at radius 2 is 1.82 bits per heavy atom. The molecule has 1 aromatic carbocycles. The van der Waals surface area contributed by atoms with E-state index < -0.39 is 38.4 Å². The summed E-state index contributed by atoms with van der Waals surface area (Å²) in [4.78, 5) is 24.2. The number of rotatable bonds is 3. The van der Waals surface area contributed by atoms with Gasteiger partial charge in [0.25, 0.3) is 5.69 Å². The van der Waals surface area contributed by atoms with E-state index in [9.17, 15) is 23.3 Å². The van der Waals surface area contributed by atoms with Gasteiger partial charge in [-0.15, -0.1) is 0 Å². The Bertz CT molecular complexity index is 834. The smallest absolute Gasteiger partial charge is 0.410 e. The van der Waals surface area contributed by atoms with Crippen LogP contribution < -0.4 is 0 Å². The summed E-state index contributed by atoms with van der Waals surface area (Å²) in [7, 11) is -4.10. The van der Waals surface area contributed by atoms with E-state index in [0.717, 1.165) is 0 Å². The van der Waals surface area contributed by atoms with Crippen LogP contribution in [0.25, 0.3) is 0 Å². The quantitative estimate of drug-likeness (QED) is 0.556. The monoisotopic (exact) mass is 413 g/mol. The zero-order chi connectivity index (χ0) is 21.1. The largest absolute Gasteiger partial charge is 0.444 e. The van der Waals surface area contributed by atoms with Crippen LogP contribution >= 0.6 is 0 Å². The highest BCUT2D eigenvalue weighted by Gasteiger charge is 2.36. The fourth-order valence-corrected chi connectivity index (χ4v) is 4.91. The van der Waals surface area contributed by atoms with Gasteiger partial charge >= 0.3 is 6.09 Å². The summed E-state index contributed by atoms with van der Waals surface area (Å²) < 4.78 is 33.0. The number of carbonyl (C=O) groups excluding carboxylic acids is 1. The number of nitro groups is 1. The van der Waals surface area contributed by atoms with E-state index in [4.69, 9.17) is 4.74 Å². The van der Waals surface area contributed by atoms with Crippen molar-refractivity contribution in [2.45, 2.75) is 57.1 Å². The van der Waals surface area contributed by atoms with Crippen LogP contribution in [-0.4, -0.2) is 59.9 Å². The Balaban J connectivity index is 2.31. The summed E-state index contributed by atoms with van der Waals surface area (Å²) in [5.41, 5.74) is -1.11. The molecule has 1 amide bonds. The Labute approximate surface area is 165 Å². The second kappa shape index (κ2) is 8.44. The third-order valence-electron chi connectivity index (χ3n) is 4.33. The van der Waals surface area contributed by atoms with E-state index in [-0.39, 0.29) is 18.0 Å². The average molecular weight is 413 g/mol. The standard InChI is InChI=1S/C18H27N3O6S/c1-14-13-19(17(22)27-18(2,3)4)11-7-8-12-20(14)28(25,26)16-10-6-5-9-15(16)21(23)24/h5-6,9-10,14H,7-8,11-13H2,1-4H3/t14-/m1/s1. The number of hydrogen-bond acceptors (Lipinski definition) is 6. The van der Waals surface area contributed by atoms with Gasteiger partial charge < -0.3 is 9.64 Å². The van der Waals surface area contributed by atoms with Crippen LogP contribution in [0.5, 0.6) is 0 Å². The van der Waals surface area contributed by atoms with Crippen LogP contribution in [-0.2, 0) is 14.8 Å². The molecule has 0 aromatic heterocycles. The lowest BCUT2D eigenvalue weighted by Gasteiger charge is -2.36. The molecule has 1 aromatic rings. The van der Waals surface area contributed by atoms with Crippen molar-refractivity contribution >= 4 is 21.8 Å². The summed E-state index contributed by atoms with van der Waals surface area (Å²) in [6, 6.07) is 4.75. The zero-order valence-corrected chi connectivity index (χ0v) is 17.4. The van der Waals surface area contributed by atoms with Crippen LogP contribution in [0.15, 0.2) is 29.2 Å². The summed E-state index contributed by atoms with van der Waals surface area (Å²) in [5.74, 6) is 0. The minimum atomic E-state index is -4.10. The molecule has 1 heterocycles. The van der Waals surface area contributed by atoms with E-state index in [2.05, 4.69) is 0 Å². The van der Waals surface area contributed by atoms with Crippen LogP contribution in [0.3, 0.4) is 0 Å². The lowest BCUT2D eigenvalue weighted by atomic mass is 10.2. The van der Waals surface area contributed by atoms with Crippen molar-refractivity contribution in [2.75, 3.05) is 19.6 Å². The molecule has 9 nitrogen and oxygen atoms in total. The van der Waals surface area contributed by atoms with Gasteiger partial charge in [-0.25, -0.2) is 13.2 Å². The second-order valence-electron chi connectivity index (χ2n) is 7.82. The Morgan fingerprint density at radius 1 is 1.21 bits per heavy atom. The molecule has 0 N–H and O–H groups in total. The van der Waals surface area contributed by atoms with Gasteiger partial charge in [0.1, 0.15) is 5.60 Å². The lowest BCUT2D eigenvalue weighted by molar-refractivity contribution is -0.387. The molecule has 0 aliphatic carbocycles. The SMILES string of the molecule is C[C@@H]1CN(C(=O)OC(C)(C)C)CCCCN1S(=O)(=O)c1ccccc1[N+](=O)[O-]. The molecule has 0 bridgehead atoms. The molecule has 156 valence electrons. The molecule has 28 heavy (non-hydrogen) atoms. The molecule has 1 aliphatic rings.